The fourth-order valence-electron chi connectivity index (χ4n) is 7.03. The highest BCUT2D eigenvalue weighted by atomic mass is 19.1. The predicted octanol–water partition coefficient (Wildman–Crippen LogP) is 2.11. The zero-order valence-electron chi connectivity index (χ0n) is 20.4. The van der Waals surface area contributed by atoms with Gasteiger partial charge in [0.15, 0.2) is 18.5 Å². The van der Waals surface area contributed by atoms with Gasteiger partial charge >= 0.3 is 0 Å². The number of ether oxygens (including phenoxy) is 1. The summed E-state index contributed by atoms with van der Waals surface area (Å²) in [6.07, 6.45) is 15.5. The van der Waals surface area contributed by atoms with Crippen molar-refractivity contribution in [3.8, 4) is 0 Å². The van der Waals surface area contributed by atoms with Crippen LogP contribution in [0.2, 0.25) is 0 Å². The summed E-state index contributed by atoms with van der Waals surface area (Å²) in [6, 6.07) is 0.186. The smallest absolute Gasteiger partial charge is 0.247 e. The van der Waals surface area contributed by atoms with E-state index in [0.29, 0.717) is 6.42 Å². The van der Waals surface area contributed by atoms with Gasteiger partial charge in [-0.25, -0.2) is 14.3 Å². The Balaban J connectivity index is 1.21. The third kappa shape index (κ3) is 3.96. The molecule has 0 bridgehead atoms. The molecule has 4 heterocycles. The zero-order chi connectivity index (χ0) is 24.3. The normalized spacial score (nSPS) is 42.5. The fourth-order valence-corrected chi connectivity index (χ4v) is 7.03. The van der Waals surface area contributed by atoms with Gasteiger partial charge in [-0.05, 0) is 68.4 Å². The molecular weight excluding hydrogens is 445 g/mol. The van der Waals surface area contributed by atoms with Crippen molar-refractivity contribution in [2.75, 3.05) is 6.54 Å². The maximum atomic E-state index is 13.9. The number of halogens is 1. The van der Waals surface area contributed by atoms with Gasteiger partial charge in [-0.1, -0.05) is 12.5 Å². The maximum absolute atomic E-state index is 13.9. The second-order valence-electron chi connectivity index (χ2n) is 10.9. The van der Waals surface area contributed by atoms with Crippen molar-refractivity contribution in [3.63, 3.8) is 0 Å². The van der Waals surface area contributed by atoms with Crippen LogP contribution in [0.5, 0.6) is 0 Å². The summed E-state index contributed by atoms with van der Waals surface area (Å²) in [5.74, 6) is -0.227. The third-order valence-electron chi connectivity index (χ3n) is 8.77. The summed E-state index contributed by atoms with van der Waals surface area (Å²) < 4.78 is 22.8. The number of primary amides is 1. The van der Waals surface area contributed by atoms with Gasteiger partial charge in [-0.2, -0.15) is 0 Å². The highest BCUT2D eigenvalue weighted by molar-refractivity contribution is 5.89. The van der Waals surface area contributed by atoms with Crippen LogP contribution in [0, 0.1) is 17.8 Å². The first-order valence-corrected chi connectivity index (χ1v) is 13.0. The molecule has 35 heavy (non-hydrogen) atoms. The molecule has 9 unspecified atom stereocenters. The summed E-state index contributed by atoms with van der Waals surface area (Å²) in [5, 5.41) is 7.22. The third-order valence-corrected chi connectivity index (χ3v) is 8.77. The number of nitrogens with two attached hydrogens (primary N) is 1. The predicted molar refractivity (Wildman–Crippen MR) is 133 cm³/mol. The Morgan fingerprint density at radius 1 is 1.34 bits per heavy atom. The number of hydrogen-bond acceptors (Lipinski definition) is 5. The summed E-state index contributed by atoms with van der Waals surface area (Å²) in [6.45, 7) is 4.74. The number of amides is 1. The van der Waals surface area contributed by atoms with Crippen LogP contribution < -0.4 is 16.4 Å². The van der Waals surface area contributed by atoms with Crippen LogP contribution in [-0.2, 0) is 9.53 Å². The van der Waals surface area contributed by atoms with Crippen LogP contribution in [0.4, 0.5) is 4.39 Å². The average molecular weight is 481 g/mol. The van der Waals surface area contributed by atoms with E-state index in [0.717, 1.165) is 31.4 Å². The van der Waals surface area contributed by atoms with Crippen molar-refractivity contribution in [1.82, 2.24) is 10.6 Å². The molecule has 2 aliphatic carbocycles. The Labute approximate surface area is 205 Å². The molecule has 0 aromatic carbocycles. The number of carbonyl (C=O) groups excluding carboxylic acids is 1. The van der Waals surface area contributed by atoms with Crippen LogP contribution in [0.1, 0.15) is 39.5 Å². The lowest BCUT2D eigenvalue weighted by Gasteiger charge is -2.26. The molecule has 6 aliphatic rings. The van der Waals surface area contributed by atoms with Crippen LogP contribution >= 0.6 is 0 Å². The van der Waals surface area contributed by atoms with E-state index in [4.69, 9.17) is 15.5 Å². The second kappa shape index (κ2) is 8.91. The highest BCUT2D eigenvalue weighted by Gasteiger charge is 2.51. The van der Waals surface area contributed by atoms with Crippen molar-refractivity contribution in [3.05, 3.63) is 46.9 Å². The quantitative estimate of drug-likeness (QED) is 0.538. The molecule has 1 amide bonds. The molecule has 7 nitrogen and oxygen atoms in total. The average Bonchev–Trinajstić information content (AvgIpc) is 3.58. The van der Waals surface area contributed by atoms with Gasteiger partial charge in [0.25, 0.3) is 0 Å². The first-order valence-electron chi connectivity index (χ1n) is 13.0. The monoisotopic (exact) mass is 480 g/mol. The molecule has 6 rings (SSSR count). The van der Waals surface area contributed by atoms with Crippen LogP contribution in [-0.4, -0.2) is 66.1 Å². The molecular formula is C27H35FN5O2+. The van der Waals surface area contributed by atoms with Gasteiger partial charge in [0.05, 0.1) is 24.6 Å². The van der Waals surface area contributed by atoms with E-state index in [-0.39, 0.29) is 66.1 Å². The molecule has 0 aromatic heterocycles. The summed E-state index contributed by atoms with van der Waals surface area (Å²) >= 11 is 0. The zero-order valence-corrected chi connectivity index (χ0v) is 20.4. The molecule has 4 N–H and O–H groups in total. The fraction of sp³-hybridized carbons (Fsp3) is 0.593. The summed E-state index contributed by atoms with van der Waals surface area (Å²) in [5.41, 5.74) is 8.99. The Hall–Kier alpha value is -2.42. The largest absolute Gasteiger partial charge is 0.369 e. The second-order valence-corrected chi connectivity index (χ2v) is 10.9. The molecule has 8 heteroatoms. The van der Waals surface area contributed by atoms with Crippen molar-refractivity contribution in [2.45, 2.75) is 76.2 Å². The molecule has 4 aliphatic heterocycles. The highest BCUT2D eigenvalue weighted by Crippen LogP contribution is 2.40. The van der Waals surface area contributed by atoms with Gasteiger partial charge in [0.1, 0.15) is 5.83 Å². The van der Waals surface area contributed by atoms with E-state index in [1.807, 2.05) is 19.2 Å². The SMILES string of the molecule is CC1=C(F)C=CC(C2N=CC=C2C2=CC3CNC(C4NC(C)C(C(N)=O)C5CCCC5O4)[N+]3=C2)C1. The van der Waals surface area contributed by atoms with Crippen molar-refractivity contribution in [1.29, 1.82) is 0 Å². The number of allylic oxidation sites excluding steroid dienone is 4. The summed E-state index contributed by atoms with van der Waals surface area (Å²) in [7, 11) is 0. The number of rotatable bonds is 4. The van der Waals surface area contributed by atoms with Crippen LogP contribution in [0.25, 0.3) is 0 Å². The minimum atomic E-state index is -0.240. The molecule has 1 saturated carbocycles. The minimum absolute atomic E-state index is 0.00563. The Morgan fingerprint density at radius 3 is 3.00 bits per heavy atom. The minimum Gasteiger partial charge on any atom is -0.369 e. The van der Waals surface area contributed by atoms with Crippen molar-refractivity contribution in [2.24, 2.45) is 28.5 Å². The van der Waals surface area contributed by atoms with E-state index in [2.05, 4.69) is 40.5 Å². The van der Waals surface area contributed by atoms with E-state index in [9.17, 15) is 9.18 Å². The molecule has 3 fully saturated rings. The van der Waals surface area contributed by atoms with E-state index < -0.39 is 0 Å². The van der Waals surface area contributed by atoms with E-state index in [1.165, 1.54) is 11.1 Å². The van der Waals surface area contributed by atoms with Crippen LogP contribution in [0.3, 0.4) is 0 Å². The van der Waals surface area contributed by atoms with Gasteiger partial charge in [-0.3, -0.25) is 15.1 Å². The van der Waals surface area contributed by atoms with Gasteiger partial charge in [0, 0.05) is 23.7 Å². The molecule has 0 radical (unpaired) electrons. The Kier molecular flexibility index (Phi) is 5.86. The first kappa shape index (κ1) is 23.0. The molecule has 0 spiro atoms. The number of carbonyl (C=O) groups is 1. The molecule has 9 atom stereocenters. The van der Waals surface area contributed by atoms with Crippen molar-refractivity contribution < 1.29 is 18.5 Å². The lowest BCUT2D eigenvalue weighted by molar-refractivity contribution is -0.574. The van der Waals surface area contributed by atoms with Gasteiger partial charge in [-0.15, -0.1) is 0 Å². The number of hydrogen-bond donors (Lipinski definition) is 3. The molecule has 2 saturated heterocycles. The molecule has 186 valence electrons. The number of fused-ring (bicyclic) bond motifs is 2. The number of nitrogens with zero attached hydrogens (tertiary/aromatic N) is 2. The van der Waals surface area contributed by atoms with E-state index in [1.54, 1.807) is 6.08 Å². The van der Waals surface area contributed by atoms with Crippen molar-refractivity contribution >= 4 is 18.3 Å². The summed E-state index contributed by atoms with van der Waals surface area (Å²) in [4.78, 5) is 17.0. The van der Waals surface area contributed by atoms with Gasteiger partial charge in [0.2, 0.25) is 12.1 Å². The topological polar surface area (TPSA) is 91.8 Å². The Bertz CT molecular complexity index is 1100. The van der Waals surface area contributed by atoms with Crippen LogP contribution in [0.15, 0.2) is 51.8 Å². The number of aliphatic imine (C=N–C) groups is 1. The standard InChI is InChI=1S/C27H34FN5O2/c1-14-10-16(6-7-21(14)28)24-19(8-9-30-24)17-11-18-12-31-26(33(18)13-17)27-32-15(2)23(25(29)34)20-4-3-5-22(20)35-27/h6-9,11,13,15-16,18,20,22-24,26-27,31-32H,3-5,10,12H2,1-2H3,(H-,29,34)/p+1. The lowest BCUT2D eigenvalue weighted by atomic mass is 9.83. The first-order chi connectivity index (χ1) is 16.9. The Morgan fingerprint density at radius 2 is 2.20 bits per heavy atom. The number of nitrogens with one attached hydrogen (secondary N) is 2. The van der Waals surface area contributed by atoms with E-state index >= 15 is 0 Å². The van der Waals surface area contributed by atoms with Gasteiger partial charge < -0.3 is 10.5 Å². The lowest BCUT2D eigenvalue weighted by Crippen LogP contribution is -2.54. The maximum Gasteiger partial charge on any atom is 0.247 e. The molecule has 0 aromatic rings.